The van der Waals surface area contributed by atoms with Crippen molar-refractivity contribution in [1.82, 2.24) is 9.97 Å². The lowest BCUT2D eigenvalue weighted by Gasteiger charge is -2.21. The van der Waals surface area contributed by atoms with Gasteiger partial charge in [0, 0.05) is 38.7 Å². The lowest BCUT2D eigenvalue weighted by Crippen LogP contribution is -2.20. The van der Waals surface area contributed by atoms with Gasteiger partial charge in [-0.1, -0.05) is 12.1 Å². The Bertz CT molecular complexity index is 702. The van der Waals surface area contributed by atoms with Gasteiger partial charge in [-0.05, 0) is 24.1 Å². The number of aliphatic hydroxyl groups excluding tert-OH is 1. The van der Waals surface area contributed by atoms with E-state index in [-0.39, 0.29) is 6.61 Å². The molecular formula is C19H26N4O3. The first-order chi connectivity index (χ1) is 12.7. The van der Waals surface area contributed by atoms with E-state index in [1.54, 1.807) is 7.11 Å². The van der Waals surface area contributed by atoms with Gasteiger partial charge in [0.2, 0.25) is 5.95 Å². The molecule has 1 aliphatic heterocycles. The number of hydrogen-bond acceptors (Lipinski definition) is 7. The molecular weight excluding hydrogens is 332 g/mol. The van der Waals surface area contributed by atoms with Crippen LogP contribution in [0.2, 0.25) is 0 Å². The lowest BCUT2D eigenvalue weighted by molar-refractivity contribution is 0.193. The van der Waals surface area contributed by atoms with Crippen molar-refractivity contribution in [2.75, 3.05) is 50.7 Å². The van der Waals surface area contributed by atoms with E-state index in [4.69, 9.17) is 14.6 Å². The molecule has 3 rings (SSSR count). The number of nitrogens with one attached hydrogen (secondary N) is 1. The van der Waals surface area contributed by atoms with Crippen LogP contribution in [0.1, 0.15) is 23.6 Å². The molecule has 0 amide bonds. The van der Waals surface area contributed by atoms with Crippen LogP contribution >= 0.6 is 0 Å². The Morgan fingerprint density at radius 2 is 2.12 bits per heavy atom. The van der Waals surface area contributed by atoms with Crippen LogP contribution in [0.25, 0.3) is 0 Å². The minimum absolute atomic E-state index is 0.0388. The number of anilines is 2. The van der Waals surface area contributed by atoms with Crippen molar-refractivity contribution in [3.8, 4) is 5.75 Å². The predicted octanol–water partition coefficient (Wildman–Crippen LogP) is 2.03. The van der Waals surface area contributed by atoms with Gasteiger partial charge in [0.1, 0.15) is 11.6 Å². The van der Waals surface area contributed by atoms with E-state index in [1.807, 2.05) is 37.4 Å². The summed E-state index contributed by atoms with van der Waals surface area (Å²) in [4.78, 5) is 11.3. The third-order valence-electron chi connectivity index (χ3n) is 4.45. The summed E-state index contributed by atoms with van der Waals surface area (Å²) in [5, 5.41) is 12.1. The molecule has 1 aliphatic rings. The Hall–Kier alpha value is -2.38. The Morgan fingerprint density at radius 1 is 1.31 bits per heavy atom. The Balaban J connectivity index is 1.79. The maximum absolute atomic E-state index is 9.07. The van der Waals surface area contributed by atoms with Crippen LogP contribution < -0.4 is 15.0 Å². The van der Waals surface area contributed by atoms with Crippen molar-refractivity contribution in [1.29, 1.82) is 0 Å². The van der Waals surface area contributed by atoms with Crippen LogP contribution in [-0.2, 0) is 11.3 Å². The highest BCUT2D eigenvalue weighted by atomic mass is 16.5. The highest BCUT2D eigenvalue weighted by molar-refractivity contribution is 5.46. The van der Waals surface area contributed by atoms with E-state index < -0.39 is 0 Å². The fourth-order valence-corrected chi connectivity index (χ4v) is 2.96. The van der Waals surface area contributed by atoms with Crippen molar-refractivity contribution >= 4 is 11.8 Å². The third kappa shape index (κ3) is 4.62. The van der Waals surface area contributed by atoms with E-state index in [2.05, 4.69) is 20.2 Å². The first-order valence-corrected chi connectivity index (χ1v) is 8.85. The summed E-state index contributed by atoms with van der Waals surface area (Å²) >= 11 is 0. The van der Waals surface area contributed by atoms with Crippen LogP contribution in [0.4, 0.5) is 11.8 Å². The van der Waals surface area contributed by atoms with Gasteiger partial charge < -0.3 is 24.8 Å². The number of hydrogen-bond donors (Lipinski definition) is 2. The van der Waals surface area contributed by atoms with Crippen molar-refractivity contribution in [3.05, 3.63) is 41.6 Å². The Kier molecular flexibility index (Phi) is 6.25. The third-order valence-corrected chi connectivity index (χ3v) is 4.45. The van der Waals surface area contributed by atoms with E-state index in [1.165, 1.54) is 5.56 Å². The molecule has 0 unspecified atom stereocenters. The molecule has 1 fully saturated rings. The fraction of sp³-hybridized carbons (Fsp3) is 0.474. The molecule has 26 heavy (non-hydrogen) atoms. The Labute approximate surface area is 154 Å². The molecule has 2 N–H and O–H groups in total. The van der Waals surface area contributed by atoms with E-state index in [0.717, 1.165) is 36.8 Å². The summed E-state index contributed by atoms with van der Waals surface area (Å²) in [5.74, 6) is 2.52. The molecule has 1 aromatic carbocycles. The Morgan fingerprint density at radius 3 is 2.77 bits per heavy atom. The molecule has 140 valence electrons. The molecule has 0 aliphatic carbocycles. The molecule has 1 atom stereocenters. The predicted molar refractivity (Wildman–Crippen MR) is 101 cm³/mol. The van der Waals surface area contributed by atoms with Crippen molar-refractivity contribution in [2.45, 2.75) is 18.9 Å². The number of ether oxygens (including phenoxy) is 2. The second-order valence-electron chi connectivity index (χ2n) is 6.39. The second kappa shape index (κ2) is 8.82. The van der Waals surface area contributed by atoms with Gasteiger partial charge in [-0.25, -0.2) is 4.98 Å². The number of benzene rings is 1. The fourth-order valence-electron chi connectivity index (χ4n) is 2.96. The molecule has 0 spiro atoms. The largest absolute Gasteiger partial charge is 0.497 e. The molecule has 2 heterocycles. The number of aromatic nitrogens is 2. The maximum atomic E-state index is 9.07. The molecule has 7 nitrogen and oxygen atoms in total. The molecule has 0 radical (unpaired) electrons. The lowest BCUT2D eigenvalue weighted by atomic mass is 10.0. The zero-order chi connectivity index (χ0) is 18.4. The molecule has 0 saturated carbocycles. The van der Waals surface area contributed by atoms with Gasteiger partial charge in [0.25, 0.3) is 0 Å². The first-order valence-electron chi connectivity index (χ1n) is 8.85. The van der Waals surface area contributed by atoms with Crippen LogP contribution in [0.3, 0.4) is 0 Å². The van der Waals surface area contributed by atoms with Gasteiger partial charge in [-0.3, -0.25) is 0 Å². The smallest absolute Gasteiger partial charge is 0.224 e. The SMILES string of the molecule is COc1ccc(CN(C)c2cc([C@H]3CCOC3)nc(NCCO)n2)cc1. The van der Waals surface area contributed by atoms with Crippen LogP contribution in [0.5, 0.6) is 5.75 Å². The monoisotopic (exact) mass is 358 g/mol. The van der Waals surface area contributed by atoms with E-state index >= 15 is 0 Å². The topological polar surface area (TPSA) is 79.7 Å². The zero-order valence-corrected chi connectivity index (χ0v) is 15.3. The standard InChI is InChI=1S/C19H26N4O3/c1-23(12-14-3-5-16(25-2)6-4-14)18-11-17(15-7-10-26-13-15)21-19(22-18)20-8-9-24/h3-6,11,15,24H,7-10,12-13H2,1-2H3,(H,20,21,22)/t15-/m0/s1. The number of aliphatic hydroxyl groups is 1. The zero-order valence-electron chi connectivity index (χ0n) is 15.3. The summed E-state index contributed by atoms with van der Waals surface area (Å²) < 4.78 is 10.7. The van der Waals surface area contributed by atoms with Gasteiger partial charge in [0.15, 0.2) is 0 Å². The molecule has 2 aromatic rings. The van der Waals surface area contributed by atoms with E-state index in [0.29, 0.717) is 25.0 Å². The van der Waals surface area contributed by atoms with Gasteiger partial charge in [-0.2, -0.15) is 4.98 Å². The highest BCUT2D eigenvalue weighted by Gasteiger charge is 2.21. The van der Waals surface area contributed by atoms with Crippen LogP contribution in [0, 0.1) is 0 Å². The maximum Gasteiger partial charge on any atom is 0.224 e. The number of methoxy groups -OCH3 is 1. The highest BCUT2D eigenvalue weighted by Crippen LogP contribution is 2.27. The quantitative estimate of drug-likeness (QED) is 0.747. The minimum atomic E-state index is 0.0388. The van der Waals surface area contributed by atoms with Crippen LogP contribution in [0.15, 0.2) is 30.3 Å². The first kappa shape index (κ1) is 18.4. The van der Waals surface area contributed by atoms with Gasteiger partial charge in [0.05, 0.1) is 26.0 Å². The molecule has 1 aromatic heterocycles. The van der Waals surface area contributed by atoms with Gasteiger partial charge in [-0.15, -0.1) is 0 Å². The normalized spacial score (nSPS) is 16.5. The average molecular weight is 358 g/mol. The average Bonchev–Trinajstić information content (AvgIpc) is 3.21. The van der Waals surface area contributed by atoms with Crippen molar-refractivity contribution < 1.29 is 14.6 Å². The molecule has 7 heteroatoms. The second-order valence-corrected chi connectivity index (χ2v) is 6.39. The summed E-state index contributed by atoms with van der Waals surface area (Å²) in [6.07, 6.45) is 0.970. The van der Waals surface area contributed by atoms with Crippen LogP contribution in [-0.4, -0.2) is 55.6 Å². The summed E-state index contributed by atoms with van der Waals surface area (Å²) in [6, 6.07) is 10.0. The minimum Gasteiger partial charge on any atom is -0.497 e. The van der Waals surface area contributed by atoms with Gasteiger partial charge >= 0.3 is 0 Å². The summed E-state index contributed by atoms with van der Waals surface area (Å²) in [6.45, 7) is 2.65. The summed E-state index contributed by atoms with van der Waals surface area (Å²) in [7, 11) is 3.68. The number of nitrogens with zero attached hydrogens (tertiary/aromatic N) is 3. The summed E-state index contributed by atoms with van der Waals surface area (Å²) in [5.41, 5.74) is 2.15. The van der Waals surface area contributed by atoms with Crippen molar-refractivity contribution in [2.24, 2.45) is 0 Å². The number of rotatable bonds is 8. The molecule has 1 saturated heterocycles. The molecule has 0 bridgehead atoms. The van der Waals surface area contributed by atoms with Crippen molar-refractivity contribution in [3.63, 3.8) is 0 Å². The van der Waals surface area contributed by atoms with E-state index in [9.17, 15) is 0 Å².